The molecule has 0 aromatic heterocycles. The second-order valence-corrected chi connectivity index (χ2v) is 6.40. The van der Waals surface area contributed by atoms with Gasteiger partial charge in [-0.1, -0.05) is 13.8 Å². The lowest BCUT2D eigenvalue weighted by atomic mass is 10.0. The predicted octanol–water partition coefficient (Wildman–Crippen LogP) is 3.28. The minimum Gasteiger partial charge on any atom is -0.495 e. The topological polar surface area (TPSA) is 24.5 Å². The molecular weight excluding hydrogens is 304 g/mol. The maximum atomic E-state index is 5.38. The van der Waals surface area contributed by atoms with Crippen molar-refractivity contribution < 1.29 is 4.74 Å². The van der Waals surface area contributed by atoms with Crippen LogP contribution in [0.5, 0.6) is 5.75 Å². The van der Waals surface area contributed by atoms with Crippen LogP contribution < -0.4 is 15.0 Å². The molecule has 1 atom stereocenters. The molecule has 0 bridgehead atoms. The monoisotopic (exact) mass is 326 g/mol. The van der Waals surface area contributed by atoms with Gasteiger partial charge in [-0.05, 0) is 40.4 Å². The maximum Gasteiger partial charge on any atom is 0.135 e. The van der Waals surface area contributed by atoms with E-state index in [0.717, 1.165) is 35.8 Å². The highest BCUT2D eigenvalue weighted by Gasteiger charge is 2.20. The van der Waals surface area contributed by atoms with E-state index in [1.54, 1.807) is 7.11 Å². The second kappa shape index (κ2) is 6.62. The number of halogens is 1. The average molecular weight is 327 g/mol. The maximum absolute atomic E-state index is 5.38. The molecule has 0 aliphatic carbocycles. The largest absolute Gasteiger partial charge is 0.495 e. The molecule has 1 aliphatic heterocycles. The second-order valence-electron chi connectivity index (χ2n) is 5.55. The Hall–Kier alpha value is -0.740. The van der Waals surface area contributed by atoms with Gasteiger partial charge in [0.15, 0.2) is 0 Å². The van der Waals surface area contributed by atoms with Crippen LogP contribution in [0.2, 0.25) is 0 Å². The zero-order valence-corrected chi connectivity index (χ0v) is 13.5. The number of piperazine rings is 1. The molecule has 106 valence electrons. The molecule has 0 saturated carbocycles. The summed E-state index contributed by atoms with van der Waals surface area (Å²) in [6.45, 7) is 7.74. The minimum atomic E-state index is 0.586. The first kappa shape index (κ1) is 14.7. The summed E-state index contributed by atoms with van der Waals surface area (Å²) < 4.78 is 6.39. The molecule has 19 heavy (non-hydrogen) atoms. The van der Waals surface area contributed by atoms with Gasteiger partial charge in [0.2, 0.25) is 0 Å². The quantitative estimate of drug-likeness (QED) is 0.918. The van der Waals surface area contributed by atoms with Crippen molar-refractivity contribution in [1.29, 1.82) is 0 Å². The summed E-state index contributed by atoms with van der Waals surface area (Å²) in [4.78, 5) is 2.44. The van der Waals surface area contributed by atoms with Crippen LogP contribution in [0.1, 0.15) is 20.3 Å². The molecule has 4 heteroatoms. The Balaban J connectivity index is 2.08. The van der Waals surface area contributed by atoms with E-state index in [-0.39, 0.29) is 0 Å². The van der Waals surface area contributed by atoms with E-state index < -0.39 is 0 Å². The summed E-state index contributed by atoms with van der Waals surface area (Å²) in [5, 5.41) is 3.61. The zero-order chi connectivity index (χ0) is 13.8. The highest BCUT2D eigenvalue weighted by Crippen LogP contribution is 2.30. The van der Waals surface area contributed by atoms with Crippen LogP contribution in [0.3, 0.4) is 0 Å². The van der Waals surface area contributed by atoms with Gasteiger partial charge in [0.05, 0.1) is 11.6 Å². The van der Waals surface area contributed by atoms with Crippen molar-refractivity contribution in [3.05, 3.63) is 22.7 Å². The Kier molecular flexibility index (Phi) is 5.11. The standard InChI is InChI=1S/C15H23BrN2O/c1-11(2)8-12-10-18(7-6-17-12)13-4-5-14(16)15(9-13)19-3/h4-5,9,11-12,17H,6-8,10H2,1-3H3. The normalized spacial score (nSPS) is 19.8. The minimum absolute atomic E-state index is 0.586. The Morgan fingerprint density at radius 1 is 1.47 bits per heavy atom. The van der Waals surface area contributed by atoms with E-state index in [1.807, 2.05) is 0 Å². The van der Waals surface area contributed by atoms with Crippen molar-refractivity contribution in [3.63, 3.8) is 0 Å². The van der Waals surface area contributed by atoms with Gasteiger partial charge in [0, 0.05) is 37.4 Å². The van der Waals surface area contributed by atoms with Crippen LogP contribution in [-0.2, 0) is 0 Å². The van der Waals surface area contributed by atoms with E-state index in [2.05, 4.69) is 58.2 Å². The molecule has 1 N–H and O–H groups in total. The molecule has 0 radical (unpaired) electrons. The lowest BCUT2D eigenvalue weighted by Gasteiger charge is -2.36. The predicted molar refractivity (Wildman–Crippen MR) is 84.2 cm³/mol. The van der Waals surface area contributed by atoms with Gasteiger partial charge in [-0.25, -0.2) is 0 Å². The van der Waals surface area contributed by atoms with Crippen molar-refractivity contribution >= 4 is 21.6 Å². The first-order valence-electron chi connectivity index (χ1n) is 6.92. The SMILES string of the molecule is COc1cc(N2CCNC(CC(C)C)C2)ccc1Br. The van der Waals surface area contributed by atoms with Gasteiger partial charge in [-0.15, -0.1) is 0 Å². The van der Waals surface area contributed by atoms with Gasteiger partial charge in [0.25, 0.3) is 0 Å². The Morgan fingerprint density at radius 3 is 2.95 bits per heavy atom. The molecule has 1 aromatic rings. The summed E-state index contributed by atoms with van der Waals surface area (Å²) in [7, 11) is 1.71. The molecule has 1 aromatic carbocycles. The highest BCUT2D eigenvalue weighted by molar-refractivity contribution is 9.10. The molecule has 1 aliphatic rings. The van der Waals surface area contributed by atoms with Crippen molar-refractivity contribution in [2.75, 3.05) is 31.6 Å². The molecule has 2 rings (SSSR count). The fourth-order valence-corrected chi connectivity index (χ4v) is 3.04. The van der Waals surface area contributed by atoms with Gasteiger partial charge in [-0.3, -0.25) is 0 Å². The third-order valence-corrected chi connectivity index (χ3v) is 4.17. The molecule has 3 nitrogen and oxygen atoms in total. The molecule has 1 unspecified atom stereocenters. The lowest BCUT2D eigenvalue weighted by Crippen LogP contribution is -2.51. The molecule has 1 fully saturated rings. The van der Waals surface area contributed by atoms with Crippen LogP contribution in [0, 0.1) is 5.92 Å². The van der Waals surface area contributed by atoms with E-state index >= 15 is 0 Å². The summed E-state index contributed by atoms with van der Waals surface area (Å²) in [5.74, 6) is 1.63. The van der Waals surface area contributed by atoms with Crippen molar-refractivity contribution in [2.45, 2.75) is 26.3 Å². The Morgan fingerprint density at radius 2 is 2.26 bits per heavy atom. The molecule has 0 spiro atoms. The molecular formula is C15H23BrN2O. The molecule has 1 saturated heterocycles. The van der Waals surface area contributed by atoms with Crippen molar-refractivity contribution in [2.24, 2.45) is 5.92 Å². The summed E-state index contributed by atoms with van der Waals surface area (Å²) in [5.41, 5.74) is 1.25. The number of benzene rings is 1. The van der Waals surface area contributed by atoms with Crippen LogP contribution >= 0.6 is 15.9 Å². The number of nitrogens with one attached hydrogen (secondary N) is 1. The summed E-state index contributed by atoms with van der Waals surface area (Å²) in [6.07, 6.45) is 1.23. The van der Waals surface area contributed by atoms with E-state index in [4.69, 9.17) is 4.74 Å². The third kappa shape index (κ3) is 3.86. The van der Waals surface area contributed by atoms with Gasteiger partial charge in [0.1, 0.15) is 5.75 Å². The van der Waals surface area contributed by atoms with Crippen LogP contribution in [0.4, 0.5) is 5.69 Å². The third-order valence-electron chi connectivity index (χ3n) is 3.51. The van der Waals surface area contributed by atoms with Gasteiger partial charge >= 0.3 is 0 Å². The smallest absolute Gasteiger partial charge is 0.135 e. The zero-order valence-electron chi connectivity index (χ0n) is 11.9. The highest BCUT2D eigenvalue weighted by atomic mass is 79.9. The lowest BCUT2D eigenvalue weighted by molar-refractivity contribution is 0.387. The number of hydrogen-bond donors (Lipinski definition) is 1. The fraction of sp³-hybridized carbons (Fsp3) is 0.600. The van der Waals surface area contributed by atoms with E-state index in [0.29, 0.717) is 6.04 Å². The number of rotatable bonds is 4. The van der Waals surface area contributed by atoms with E-state index in [9.17, 15) is 0 Å². The summed E-state index contributed by atoms with van der Waals surface area (Å²) >= 11 is 3.50. The van der Waals surface area contributed by atoms with Gasteiger partial charge in [-0.2, -0.15) is 0 Å². The first-order chi connectivity index (χ1) is 9.10. The van der Waals surface area contributed by atoms with Crippen molar-refractivity contribution in [3.8, 4) is 5.75 Å². The fourth-order valence-electron chi connectivity index (χ4n) is 2.63. The van der Waals surface area contributed by atoms with Crippen molar-refractivity contribution in [1.82, 2.24) is 5.32 Å². The average Bonchev–Trinajstić information content (AvgIpc) is 2.39. The first-order valence-corrected chi connectivity index (χ1v) is 7.71. The Bertz CT molecular complexity index is 423. The number of nitrogens with zero attached hydrogens (tertiary/aromatic N) is 1. The molecule has 1 heterocycles. The number of ether oxygens (including phenoxy) is 1. The number of methoxy groups -OCH3 is 1. The summed E-state index contributed by atoms with van der Waals surface area (Å²) in [6, 6.07) is 6.92. The van der Waals surface area contributed by atoms with E-state index in [1.165, 1.54) is 12.1 Å². The van der Waals surface area contributed by atoms with Crippen LogP contribution in [0.25, 0.3) is 0 Å². The number of hydrogen-bond acceptors (Lipinski definition) is 3. The number of anilines is 1. The van der Waals surface area contributed by atoms with Crippen LogP contribution in [-0.4, -0.2) is 32.8 Å². The van der Waals surface area contributed by atoms with Crippen LogP contribution in [0.15, 0.2) is 22.7 Å². The molecule has 0 amide bonds. The Labute approximate surface area is 124 Å². The van der Waals surface area contributed by atoms with Gasteiger partial charge < -0.3 is 15.0 Å².